The molecule has 0 radical (unpaired) electrons. The summed E-state index contributed by atoms with van der Waals surface area (Å²) in [5.41, 5.74) is -0.470. The van der Waals surface area contributed by atoms with Gasteiger partial charge in [-0.3, -0.25) is 20.3 Å². The van der Waals surface area contributed by atoms with Crippen molar-refractivity contribution < 1.29 is 39.5 Å². The molecule has 0 saturated carbocycles. The molecule has 0 unspecified atom stereocenters. The van der Waals surface area contributed by atoms with Gasteiger partial charge in [-0.1, -0.05) is 0 Å². The van der Waals surface area contributed by atoms with Gasteiger partial charge in [-0.2, -0.15) is 5.01 Å². The SMILES string of the molecule is CC(=O)NN1C(=O)N[C@@]2(O[C@H](CO)[C@@H](O)[C@H](O)[C@H]2O)C1=O. The summed E-state index contributed by atoms with van der Waals surface area (Å²) in [6.45, 7) is 0.287. The van der Waals surface area contributed by atoms with Gasteiger partial charge in [0.2, 0.25) is 5.91 Å². The van der Waals surface area contributed by atoms with Crippen LogP contribution in [0.15, 0.2) is 0 Å². The Hall–Kier alpha value is -1.79. The van der Waals surface area contributed by atoms with Gasteiger partial charge in [0, 0.05) is 6.92 Å². The Kier molecular flexibility index (Phi) is 3.86. The third-order valence-electron chi connectivity index (χ3n) is 3.27. The molecule has 0 bridgehead atoms. The molecule has 21 heavy (non-hydrogen) atoms. The second-order valence-electron chi connectivity index (χ2n) is 4.74. The molecule has 1 spiro atoms. The Balaban J connectivity index is 2.35. The van der Waals surface area contributed by atoms with E-state index in [0.717, 1.165) is 6.92 Å². The van der Waals surface area contributed by atoms with Crippen molar-refractivity contribution in [2.24, 2.45) is 0 Å². The van der Waals surface area contributed by atoms with Gasteiger partial charge in [0.05, 0.1) is 6.61 Å². The first-order valence-electron chi connectivity index (χ1n) is 6.01. The highest BCUT2D eigenvalue weighted by atomic mass is 16.6. The molecule has 0 aromatic heterocycles. The van der Waals surface area contributed by atoms with Gasteiger partial charge >= 0.3 is 11.9 Å². The van der Waals surface area contributed by atoms with Crippen LogP contribution in [0, 0.1) is 0 Å². The van der Waals surface area contributed by atoms with Crippen molar-refractivity contribution in [2.45, 2.75) is 37.1 Å². The third kappa shape index (κ3) is 2.24. The Morgan fingerprint density at radius 3 is 2.52 bits per heavy atom. The molecule has 2 aliphatic rings. The Morgan fingerprint density at radius 1 is 1.38 bits per heavy atom. The molecule has 2 fully saturated rings. The quantitative estimate of drug-likeness (QED) is 0.279. The molecule has 2 rings (SSSR count). The summed E-state index contributed by atoms with van der Waals surface area (Å²) in [4.78, 5) is 34.9. The minimum Gasteiger partial charge on any atom is -0.394 e. The lowest BCUT2D eigenvalue weighted by Gasteiger charge is -2.44. The number of carbonyl (C=O) groups excluding carboxylic acids is 3. The van der Waals surface area contributed by atoms with E-state index in [1.165, 1.54) is 0 Å². The molecule has 5 atom stereocenters. The zero-order valence-electron chi connectivity index (χ0n) is 10.9. The Labute approximate surface area is 118 Å². The van der Waals surface area contributed by atoms with Gasteiger partial charge < -0.3 is 25.2 Å². The predicted molar refractivity (Wildman–Crippen MR) is 61.9 cm³/mol. The molecule has 2 heterocycles. The number of amides is 4. The molecular weight excluding hydrogens is 290 g/mol. The van der Waals surface area contributed by atoms with Crippen LogP contribution < -0.4 is 10.7 Å². The molecule has 118 valence electrons. The molecule has 2 saturated heterocycles. The van der Waals surface area contributed by atoms with Crippen molar-refractivity contribution in [1.82, 2.24) is 15.8 Å². The molecule has 6 N–H and O–H groups in total. The minimum atomic E-state index is -2.40. The third-order valence-corrected chi connectivity index (χ3v) is 3.27. The zero-order chi connectivity index (χ0) is 15.9. The van der Waals surface area contributed by atoms with Crippen LogP contribution in [0.2, 0.25) is 0 Å². The number of rotatable bonds is 2. The number of imide groups is 1. The number of aliphatic hydroxyl groups excluding tert-OH is 4. The molecule has 11 heteroatoms. The summed E-state index contributed by atoms with van der Waals surface area (Å²) < 4.78 is 5.09. The fourth-order valence-corrected chi connectivity index (χ4v) is 2.24. The van der Waals surface area contributed by atoms with E-state index < -0.39 is 54.6 Å². The van der Waals surface area contributed by atoms with Crippen LogP contribution >= 0.6 is 0 Å². The van der Waals surface area contributed by atoms with Crippen molar-refractivity contribution in [1.29, 1.82) is 0 Å². The maximum atomic E-state index is 12.2. The van der Waals surface area contributed by atoms with Crippen LogP contribution in [0.4, 0.5) is 4.79 Å². The standard InChI is InChI=1S/C10H15N3O8/c1-3(15)12-13-8(19)10(11-9(13)20)7(18)6(17)5(16)4(2-14)21-10/h4-7,14,16-18H,2H2,1H3,(H,11,20)(H,12,15)/t4-,5-,6+,7-,10+/m1/s1. The smallest absolute Gasteiger partial charge is 0.346 e. The Bertz CT molecular complexity index is 483. The summed E-state index contributed by atoms with van der Waals surface area (Å²) >= 11 is 0. The minimum absolute atomic E-state index is 0.282. The van der Waals surface area contributed by atoms with E-state index in [9.17, 15) is 29.7 Å². The largest absolute Gasteiger partial charge is 0.394 e. The van der Waals surface area contributed by atoms with Crippen LogP contribution in [-0.2, 0) is 14.3 Å². The number of nitrogens with zero attached hydrogens (tertiary/aromatic N) is 1. The van der Waals surface area contributed by atoms with E-state index in [0.29, 0.717) is 0 Å². The number of ether oxygens (including phenoxy) is 1. The maximum absolute atomic E-state index is 12.2. The zero-order valence-corrected chi connectivity index (χ0v) is 10.9. The lowest BCUT2D eigenvalue weighted by molar-refractivity contribution is -0.269. The highest BCUT2D eigenvalue weighted by Crippen LogP contribution is 2.32. The molecule has 0 aromatic rings. The van der Waals surface area contributed by atoms with Crippen LogP contribution in [0.1, 0.15) is 6.92 Å². The first kappa shape index (κ1) is 15.6. The molecule has 4 amide bonds. The summed E-state index contributed by atoms with van der Waals surface area (Å²) in [5.74, 6) is -1.90. The topological polar surface area (TPSA) is 169 Å². The fraction of sp³-hybridized carbons (Fsp3) is 0.700. The van der Waals surface area contributed by atoms with E-state index in [4.69, 9.17) is 9.84 Å². The molecular formula is C10H15N3O8. The van der Waals surface area contributed by atoms with E-state index in [1.807, 2.05) is 10.7 Å². The fourth-order valence-electron chi connectivity index (χ4n) is 2.24. The number of hydrogen-bond acceptors (Lipinski definition) is 8. The summed E-state index contributed by atoms with van der Waals surface area (Å²) in [5, 5.41) is 40.7. The van der Waals surface area contributed by atoms with Gasteiger partial charge in [0.1, 0.15) is 24.4 Å². The molecule has 0 aliphatic carbocycles. The number of aliphatic hydroxyl groups is 4. The number of urea groups is 1. The van der Waals surface area contributed by atoms with Crippen molar-refractivity contribution in [3.63, 3.8) is 0 Å². The highest BCUT2D eigenvalue weighted by Gasteiger charge is 2.65. The number of hydrazine groups is 1. The van der Waals surface area contributed by atoms with Crippen molar-refractivity contribution in [3.8, 4) is 0 Å². The second kappa shape index (κ2) is 5.20. The summed E-state index contributed by atoms with van der Waals surface area (Å²) in [6.07, 6.45) is -6.91. The summed E-state index contributed by atoms with van der Waals surface area (Å²) in [6, 6.07) is -1.09. The highest BCUT2D eigenvalue weighted by molar-refractivity contribution is 6.07. The van der Waals surface area contributed by atoms with Gasteiger partial charge in [-0.05, 0) is 0 Å². The van der Waals surface area contributed by atoms with Gasteiger partial charge in [-0.25, -0.2) is 4.79 Å². The average molecular weight is 305 g/mol. The van der Waals surface area contributed by atoms with E-state index in [1.54, 1.807) is 0 Å². The van der Waals surface area contributed by atoms with Crippen LogP contribution in [-0.4, -0.2) is 80.0 Å². The van der Waals surface area contributed by atoms with Crippen molar-refractivity contribution in [2.75, 3.05) is 6.61 Å². The first-order valence-corrected chi connectivity index (χ1v) is 6.01. The second-order valence-corrected chi connectivity index (χ2v) is 4.74. The molecule has 11 nitrogen and oxygen atoms in total. The van der Waals surface area contributed by atoms with Crippen molar-refractivity contribution >= 4 is 17.8 Å². The Morgan fingerprint density at radius 2 is 2.00 bits per heavy atom. The van der Waals surface area contributed by atoms with Gasteiger partial charge in [0.15, 0.2) is 0 Å². The first-order chi connectivity index (χ1) is 9.74. The van der Waals surface area contributed by atoms with E-state index in [2.05, 4.69) is 0 Å². The predicted octanol–water partition coefficient (Wildman–Crippen LogP) is -4.24. The van der Waals surface area contributed by atoms with Crippen LogP contribution in [0.5, 0.6) is 0 Å². The van der Waals surface area contributed by atoms with Crippen molar-refractivity contribution in [3.05, 3.63) is 0 Å². The van der Waals surface area contributed by atoms with E-state index in [-0.39, 0.29) is 5.01 Å². The van der Waals surface area contributed by atoms with Gasteiger partial charge in [0.25, 0.3) is 5.72 Å². The molecule has 2 aliphatic heterocycles. The normalized spacial score (nSPS) is 39.6. The summed E-state index contributed by atoms with van der Waals surface area (Å²) in [7, 11) is 0. The lowest BCUT2D eigenvalue weighted by Crippen LogP contribution is -2.71. The number of nitrogens with one attached hydrogen (secondary N) is 2. The average Bonchev–Trinajstić information content (AvgIpc) is 2.65. The van der Waals surface area contributed by atoms with E-state index >= 15 is 0 Å². The number of carbonyl (C=O) groups is 3. The van der Waals surface area contributed by atoms with Crippen LogP contribution in [0.25, 0.3) is 0 Å². The monoisotopic (exact) mass is 305 g/mol. The number of hydrogen-bond donors (Lipinski definition) is 6. The lowest BCUT2D eigenvalue weighted by atomic mass is 9.90. The van der Waals surface area contributed by atoms with Gasteiger partial charge in [-0.15, -0.1) is 0 Å². The molecule has 0 aromatic carbocycles. The maximum Gasteiger partial charge on any atom is 0.346 e. The van der Waals surface area contributed by atoms with Crippen LogP contribution in [0.3, 0.4) is 0 Å².